The minimum atomic E-state index is -4.40. The van der Waals surface area contributed by atoms with Crippen molar-refractivity contribution in [3.05, 3.63) is 35.4 Å². The van der Waals surface area contributed by atoms with Crippen LogP contribution in [0.1, 0.15) is 24.5 Å². The lowest BCUT2D eigenvalue weighted by Crippen LogP contribution is -2.36. The molecule has 8 heteroatoms. The molecule has 0 fully saturated rings. The van der Waals surface area contributed by atoms with Crippen LogP contribution in [0.3, 0.4) is 0 Å². The summed E-state index contributed by atoms with van der Waals surface area (Å²) in [6.07, 6.45) is -5.60. The van der Waals surface area contributed by atoms with Crippen LogP contribution in [0.5, 0.6) is 0 Å². The highest BCUT2D eigenvalue weighted by atomic mass is 32.2. The van der Waals surface area contributed by atoms with E-state index in [1.54, 1.807) is 24.3 Å². The van der Waals surface area contributed by atoms with Gasteiger partial charge in [0.1, 0.15) is 0 Å². The fourth-order valence-electron chi connectivity index (χ4n) is 1.80. The zero-order valence-electron chi connectivity index (χ0n) is 10.9. The first-order chi connectivity index (χ1) is 9.11. The summed E-state index contributed by atoms with van der Waals surface area (Å²) < 4.78 is 62.1. The number of nitrogens with one attached hydrogen (secondary N) is 1. The predicted molar refractivity (Wildman–Crippen MR) is 70.2 cm³/mol. The maximum atomic E-state index is 12.2. The summed E-state index contributed by atoms with van der Waals surface area (Å²) in [4.78, 5) is 0. The third kappa shape index (κ3) is 6.36. The Morgan fingerprint density at radius 3 is 2.45 bits per heavy atom. The van der Waals surface area contributed by atoms with Crippen LogP contribution in [-0.4, -0.2) is 20.6 Å². The molecule has 0 bridgehead atoms. The molecule has 3 N–H and O–H groups in total. The molecule has 1 unspecified atom stereocenters. The Morgan fingerprint density at radius 2 is 1.90 bits per heavy atom. The van der Waals surface area contributed by atoms with Gasteiger partial charge in [-0.05, 0) is 18.1 Å². The van der Waals surface area contributed by atoms with Crippen LogP contribution < -0.4 is 10.5 Å². The number of halogens is 3. The first-order valence-electron chi connectivity index (χ1n) is 5.96. The van der Waals surface area contributed by atoms with Crippen LogP contribution in [0.4, 0.5) is 13.2 Å². The van der Waals surface area contributed by atoms with Crippen molar-refractivity contribution in [1.29, 1.82) is 0 Å². The third-order valence-electron chi connectivity index (χ3n) is 2.50. The Morgan fingerprint density at radius 1 is 1.30 bits per heavy atom. The van der Waals surface area contributed by atoms with E-state index in [0.29, 0.717) is 5.56 Å². The number of hydrogen-bond donors (Lipinski definition) is 2. The Balaban J connectivity index is 2.70. The van der Waals surface area contributed by atoms with Gasteiger partial charge in [0.2, 0.25) is 10.0 Å². The average molecular weight is 310 g/mol. The number of alkyl halides is 3. The lowest BCUT2D eigenvalue weighted by Gasteiger charge is -2.16. The van der Waals surface area contributed by atoms with Crippen LogP contribution in [0.15, 0.2) is 24.3 Å². The van der Waals surface area contributed by atoms with Gasteiger partial charge >= 0.3 is 6.18 Å². The number of nitrogens with two attached hydrogens (primary N) is 1. The van der Waals surface area contributed by atoms with Crippen molar-refractivity contribution in [1.82, 2.24) is 4.72 Å². The molecule has 20 heavy (non-hydrogen) atoms. The van der Waals surface area contributed by atoms with Gasteiger partial charge in [-0.1, -0.05) is 24.3 Å². The first-order valence-corrected chi connectivity index (χ1v) is 7.61. The molecule has 0 aliphatic rings. The van der Waals surface area contributed by atoms with Crippen molar-refractivity contribution < 1.29 is 21.6 Å². The van der Waals surface area contributed by atoms with E-state index in [0.717, 1.165) is 5.56 Å². The normalized spacial score (nSPS) is 14.2. The molecule has 1 aromatic rings. The zero-order valence-corrected chi connectivity index (χ0v) is 11.8. The van der Waals surface area contributed by atoms with Gasteiger partial charge in [-0.3, -0.25) is 0 Å². The molecule has 114 valence electrons. The molecule has 1 atom stereocenters. The van der Waals surface area contributed by atoms with Crippen molar-refractivity contribution in [2.24, 2.45) is 5.73 Å². The van der Waals surface area contributed by atoms with Crippen LogP contribution in [-0.2, 0) is 22.3 Å². The molecular formula is C12H17F3N2O2S. The van der Waals surface area contributed by atoms with E-state index in [9.17, 15) is 21.6 Å². The van der Waals surface area contributed by atoms with Crippen molar-refractivity contribution in [2.45, 2.75) is 37.9 Å². The van der Waals surface area contributed by atoms with Crippen molar-refractivity contribution in [3.63, 3.8) is 0 Å². The van der Waals surface area contributed by atoms with E-state index >= 15 is 0 Å². The summed E-state index contributed by atoms with van der Waals surface area (Å²) in [7, 11) is -3.82. The highest BCUT2D eigenvalue weighted by Gasteiger charge is 2.31. The first kappa shape index (κ1) is 16.9. The van der Waals surface area contributed by atoms with E-state index in [1.165, 1.54) is 6.92 Å². The second-order valence-electron chi connectivity index (χ2n) is 4.62. The van der Waals surface area contributed by atoms with Gasteiger partial charge in [-0.15, -0.1) is 0 Å². The van der Waals surface area contributed by atoms with Crippen LogP contribution >= 0.6 is 0 Å². The maximum absolute atomic E-state index is 12.2. The van der Waals surface area contributed by atoms with Crippen LogP contribution in [0.25, 0.3) is 0 Å². The number of rotatable bonds is 6. The van der Waals surface area contributed by atoms with Crippen LogP contribution in [0.2, 0.25) is 0 Å². The molecule has 0 radical (unpaired) electrons. The summed E-state index contributed by atoms with van der Waals surface area (Å²) in [5, 5.41) is 0. The zero-order chi connectivity index (χ0) is 15.4. The largest absolute Gasteiger partial charge is 0.390 e. The standard InChI is InChI=1S/C12H17F3N2O2S/c1-9(6-12(13,14)15)17-20(18,19)8-11-4-2-3-10(5-11)7-16/h2-5,9,17H,6-8,16H2,1H3. The lowest BCUT2D eigenvalue weighted by molar-refractivity contribution is -0.137. The number of hydrogen-bond acceptors (Lipinski definition) is 3. The smallest absolute Gasteiger partial charge is 0.326 e. The highest BCUT2D eigenvalue weighted by Crippen LogP contribution is 2.21. The molecule has 1 aromatic carbocycles. The van der Waals surface area contributed by atoms with Crippen molar-refractivity contribution >= 4 is 10.0 Å². The Bertz CT molecular complexity index is 544. The molecule has 1 rings (SSSR count). The van der Waals surface area contributed by atoms with Crippen molar-refractivity contribution in [3.8, 4) is 0 Å². The monoisotopic (exact) mass is 310 g/mol. The Kier molecular flexibility index (Phi) is 5.55. The fourth-order valence-corrected chi connectivity index (χ4v) is 3.20. The third-order valence-corrected chi connectivity index (χ3v) is 3.98. The minimum Gasteiger partial charge on any atom is -0.326 e. The maximum Gasteiger partial charge on any atom is 0.390 e. The number of benzene rings is 1. The van der Waals surface area contributed by atoms with Gasteiger partial charge < -0.3 is 5.73 Å². The predicted octanol–water partition coefficient (Wildman–Crippen LogP) is 1.91. The average Bonchev–Trinajstić information content (AvgIpc) is 2.24. The van der Waals surface area contributed by atoms with Gasteiger partial charge in [0, 0.05) is 12.6 Å². The molecule has 0 amide bonds. The molecule has 0 saturated heterocycles. The van der Waals surface area contributed by atoms with E-state index in [2.05, 4.69) is 0 Å². The fraction of sp³-hybridized carbons (Fsp3) is 0.500. The summed E-state index contributed by atoms with van der Waals surface area (Å²) in [6.45, 7) is 1.45. The quantitative estimate of drug-likeness (QED) is 0.843. The van der Waals surface area contributed by atoms with Gasteiger partial charge in [0.25, 0.3) is 0 Å². The molecule has 0 aliphatic carbocycles. The SMILES string of the molecule is CC(CC(F)(F)F)NS(=O)(=O)Cc1cccc(CN)c1. The summed E-state index contributed by atoms with van der Waals surface area (Å²) in [5.41, 5.74) is 6.69. The Labute approximate surface area is 116 Å². The van der Waals surface area contributed by atoms with E-state index in [-0.39, 0.29) is 12.3 Å². The van der Waals surface area contributed by atoms with Crippen molar-refractivity contribution in [2.75, 3.05) is 0 Å². The second-order valence-corrected chi connectivity index (χ2v) is 6.38. The lowest BCUT2D eigenvalue weighted by atomic mass is 10.1. The molecule has 0 saturated carbocycles. The van der Waals surface area contributed by atoms with E-state index < -0.39 is 28.7 Å². The van der Waals surface area contributed by atoms with Gasteiger partial charge in [-0.25, -0.2) is 13.1 Å². The molecule has 0 heterocycles. The Hall–Kier alpha value is -1.12. The highest BCUT2D eigenvalue weighted by molar-refractivity contribution is 7.88. The van der Waals surface area contributed by atoms with E-state index in [1.807, 2.05) is 4.72 Å². The number of sulfonamides is 1. The van der Waals surface area contributed by atoms with Gasteiger partial charge in [0.05, 0.1) is 12.2 Å². The second kappa shape index (κ2) is 6.55. The minimum absolute atomic E-state index is 0.270. The summed E-state index contributed by atoms with van der Waals surface area (Å²) in [5.74, 6) is -0.372. The topological polar surface area (TPSA) is 72.2 Å². The molecule has 0 aromatic heterocycles. The van der Waals surface area contributed by atoms with Gasteiger partial charge in [-0.2, -0.15) is 13.2 Å². The summed E-state index contributed by atoms with van der Waals surface area (Å²) in [6, 6.07) is 5.42. The molecule has 0 aliphatic heterocycles. The molecular weight excluding hydrogens is 293 g/mol. The van der Waals surface area contributed by atoms with Gasteiger partial charge in [0.15, 0.2) is 0 Å². The summed E-state index contributed by atoms with van der Waals surface area (Å²) >= 11 is 0. The molecule has 0 spiro atoms. The van der Waals surface area contributed by atoms with E-state index in [4.69, 9.17) is 5.73 Å². The van der Waals surface area contributed by atoms with Crippen LogP contribution in [0, 0.1) is 0 Å². The molecule has 4 nitrogen and oxygen atoms in total.